The van der Waals surface area contributed by atoms with Crippen LogP contribution in [0.25, 0.3) is 0 Å². The molecule has 102 valence electrons. The molecular weight excluding hydrogens is 242 g/mol. The summed E-state index contributed by atoms with van der Waals surface area (Å²) in [6.45, 7) is 7.34. The van der Waals surface area contributed by atoms with Gasteiger partial charge in [0.25, 0.3) is 0 Å². The van der Waals surface area contributed by atoms with Gasteiger partial charge >= 0.3 is 6.09 Å². The number of carbonyl (C=O) groups is 2. The van der Waals surface area contributed by atoms with E-state index in [2.05, 4.69) is 5.32 Å². The van der Waals surface area contributed by atoms with Gasteiger partial charge in [-0.25, -0.2) is 4.79 Å². The van der Waals surface area contributed by atoms with Gasteiger partial charge in [0.05, 0.1) is 0 Å². The van der Waals surface area contributed by atoms with E-state index < -0.39 is 11.7 Å². The Morgan fingerprint density at radius 3 is 2.68 bits per heavy atom. The Bertz CT molecular complexity index is 529. The van der Waals surface area contributed by atoms with E-state index in [1.165, 1.54) is 0 Å². The van der Waals surface area contributed by atoms with Crippen molar-refractivity contribution in [2.75, 3.05) is 5.32 Å². The van der Waals surface area contributed by atoms with Crippen LogP contribution < -0.4 is 5.32 Å². The summed E-state index contributed by atoms with van der Waals surface area (Å²) in [7, 11) is 0. The highest BCUT2D eigenvalue weighted by atomic mass is 16.6. The minimum absolute atomic E-state index is 0.0341. The summed E-state index contributed by atoms with van der Waals surface area (Å²) in [6.07, 6.45) is 0.270. The first-order valence-electron chi connectivity index (χ1n) is 6.43. The lowest BCUT2D eigenvalue weighted by molar-refractivity contribution is 0.0635. The third-order valence-corrected chi connectivity index (χ3v) is 2.99. The third kappa shape index (κ3) is 3.13. The van der Waals surface area contributed by atoms with Crippen LogP contribution in [0, 0.1) is 5.92 Å². The summed E-state index contributed by atoms with van der Waals surface area (Å²) >= 11 is 0. The van der Waals surface area contributed by atoms with Crippen LogP contribution in [-0.2, 0) is 11.2 Å². The van der Waals surface area contributed by atoms with E-state index in [9.17, 15) is 9.59 Å². The Kier molecular flexibility index (Phi) is 3.35. The van der Waals surface area contributed by atoms with E-state index >= 15 is 0 Å². The maximum atomic E-state index is 11.9. The van der Waals surface area contributed by atoms with Gasteiger partial charge < -0.3 is 4.74 Å². The van der Waals surface area contributed by atoms with Gasteiger partial charge in [-0.3, -0.25) is 10.1 Å². The molecule has 0 spiro atoms. The highest BCUT2D eigenvalue weighted by Crippen LogP contribution is 2.28. The van der Waals surface area contributed by atoms with Crippen LogP contribution in [0.2, 0.25) is 0 Å². The molecule has 1 atom stereocenters. The van der Waals surface area contributed by atoms with Gasteiger partial charge in [0.2, 0.25) is 0 Å². The first kappa shape index (κ1) is 13.6. The molecule has 1 aromatic rings. The Balaban J connectivity index is 2.12. The van der Waals surface area contributed by atoms with Gasteiger partial charge in [-0.15, -0.1) is 0 Å². The highest BCUT2D eigenvalue weighted by Gasteiger charge is 2.27. The Morgan fingerprint density at radius 2 is 2.05 bits per heavy atom. The second-order valence-corrected chi connectivity index (χ2v) is 5.97. The minimum Gasteiger partial charge on any atom is -0.444 e. The standard InChI is InChI=1S/C15H19NO3/c1-9-7-10-5-6-11(8-12(10)13(9)17)16-14(18)19-15(2,3)4/h5-6,8-9H,7H2,1-4H3,(H,16,18). The van der Waals surface area contributed by atoms with Crippen molar-refractivity contribution in [3.8, 4) is 0 Å². The van der Waals surface area contributed by atoms with Gasteiger partial charge in [0, 0.05) is 17.2 Å². The normalized spacial score (nSPS) is 18.1. The molecule has 0 bridgehead atoms. The van der Waals surface area contributed by atoms with Crippen LogP contribution in [0.3, 0.4) is 0 Å². The second kappa shape index (κ2) is 4.68. The zero-order chi connectivity index (χ0) is 14.2. The fourth-order valence-corrected chi connectivity index (χ4v) is 2.17. The minimum atomic E-state index is -0.537. The van der Waals surface area contributed by atoms with Gasteiger partial charge in [0.1, 0.15) is 5.60 Å². The number of fused-ring (bicyclic) bond motifs is 1. The Morgan fingerprint density at radius 1 is 1.37 bits per heavy atom. The first-order valence-corrected chi connectivity index (χ1v) is 6.43. The molecule has 1 aliphatic carbocycles. The Labute approximate surface area is 113 Å². The van der Waals surface area contributed by atoms with Crippen molar-refractivity contribution in [3.05, 3.63) is 29.3 Å². The number of benzene rings is 1. The number of amides is 1. The molecule has 0 radical (unpaired) electrons. The van der Waals surface area contributed by atoms with Crippen molar-refractivity contribution >= 4 is 17.6 Å². The van der Waals surface area contributed by atoms with E-state index in [0.29, 0.717) is 11.3 Å². The maximum absolute atomic E-state index is 11.9. The van der Waals surface area contributed by atoms with E-state index in [-0.39, 0.29) is 11.7 Å². The molecule has 1 unspecified atom stereocenters. The predicted molar refractivity (Wildman–Crippen MR) is 73.5 cm³/mol. The maximum Gasteiger partial charge on any atom is 0.412 e. The SMILES string of the molecule is CC1Cc2ccc(NC(=O)OC(C)(C)C)cc2C1=O. The number of carbonyl (C=O) groups excluding carboxylic acids is 2. The number of ketones is 1. The molecule has 0 heterocycles. The molecule has 2 rings (SSSR count). The molecule has 1 aromatic carbocycles. The summed E-state index contributed by atoms with van der Waals surface area (Å²) in [5, 5.41) is 2.65. The summed E-state index contributed by atoms with van der Waals surface area (Å²) in [6, 6.07) is 5.42. The number of rotatable bonds is 1. The van der Waals surface area contributed by atoms with Crippen molar-refractivity contribution < 1.29 is 14.3 Å². The highest BCUT2D eigenvalue weighted by molar-refractivity contribution is 6.03. The topological polar surface area (TPSA) is 55.4 Å². The Hall–Kier alpha value is -1.84. The number of anilines is 1. The van der Waals surface area contributed by atoms with Crippen molar-refractivity contribution in [1.82, 2.24) is 0 Å². The number of nitrogens with one attached hydrogen (secondary N) is 1. The van der Waals surface area contributed by atoms with Crippen LogP contribution in [0.4, 0.5) is 10.5 Å². The van der Waals surface area contributed by atoms with E-state index in [4.69, 9.17) is 4.74 Å². The van der Waals surface area contributed by atoms with Crippen LogP contribution in [0.1, 0.15) is 43.6 Å². The van der Waals surface area contributed by atoms with Gasteiger partial charge in [-0.05, 0) is 44.9 Å². The molecule has 1 N–H and O–H groups in total. The fraction of sp³-hybridized carbons (Fsp3) is 0.467. The summed E-state index contributed by atoms with van der Waals surface area (Å²) in [5.74, 6) is 0.176. The molecule has 0 aromatic heterocycles. The predicted octanol–water partition coefficient (Wildman–Crippen LogP) is 3.41. The molecule has 4 nitrogen and oxygen atoms in total. The zero-order valence-electron chi connectivity index (χ0n) is 11.7. The van der Waals surface area contributed by atoms with Crippen molar-refractivity contribution in [1.29, 1.82) is 0 Å². The quantitative estimate of drug-likeness (QED) is 0.842. The monoisotopic (exact) mass is 261 g/mol. The van der Waals surface area contributed by atoms with Gasteiger partial charge in [0.15, 0.2) is 5.78 Å². The molecule has 1 amide bonds. The largest absolute Gasteiger partial charge is 0.444 e. The molecule has 0 fully saturated rings. The van der Waals surface area contributed by atoms with Crippen LogP contribution in [0.5, 0.6) is 0 Å². The number of Topliss-reactive ketones (excluding diaryl/α,β-unsaturated/α-hetero) is 1. The fourth-order valence-electron chi connectivity index (χ4n) is 2.17. The van der Waals surface area contributed by atoms with Crippen molar-refractivity contribution in [2.24, 2.45) is 5.92 Å². The van der Waals surface area contributed by atoms with Crippen LogP contribution in [0.15, 0.2) is 18.2 Å². The number of ether oxygens (including phenoxy) is 1. The first-order chi connectivity index (χ1) is 8.76. The number of hydrogen-bond acceptors (Lipinski definition) is 3. The van der Waals surface area contributed by atoms with E-state index in [1.807, 2.05) is 13.0 Å². The average molecular weight is 261 g/mol. The average Bonchev–Trinajstić information content (AvgIpc) is 2.53. The molecule has 19 heavy (non-hydrogen) atoms. The molecule has 1 aliphatic rings. The number of hydrogen-bond donors (Lipinski definition) is 1. The van der Waals surface area contributed by atoms with Gasteiger partial charge in [-0.1, -0.05) is 13.0 Å². The lowest BCUT2D eigenvalue weighted by Crippen LogP contribution is -2.27. The third-order valence-electron chi connectivity index (χ3n) is 2.99. The van der Waals surface area contributed by atoms with Crippen LogP contribution in [-0.4, -0.2) is 17.5 Å². The summed E-state index contributed by atoms with van der Waals surface area (Å²) in [4.78, 5) is 23.6. The summed E-state index contributed by atoms with van der Waals surface area (Å²) < 4.78 is 5.17. The van der Waals surface area contributed by atoms with E-state index in [1.54, 1.807) is 32.9 Å². The molecule has 0 saturated carbocycles. The van der Waals surface area contributed by atoms with Crippen molar-refractivity contribution in [2.45, 2.75) is 39.7 Å². The molecule has 0 saturated heterocycles. The van der Waals surface area contributed by atoms with Crippen LogP contribution >= 0.6 is 0 Å². The van der Waals surface area contributed by atoms with E-state index in [0.717, 1.165) is 12.0 Å². The molecular formula is C15H19NO3. The lowest BCUT2D eigenvalue weighted by Gasteiger charge is -2.19. The van der Waals surface area contributed by atoms with Crippen molar-refractivity contribution in [3.63, 3.8) is 0 Å². The molecule has 4 heteroatoms. The lowest BCUT2D eigenvalue weighted by atomic mass is 10.1. The summed E-state index contributed by atoms with van der Waals surface area (Å²) in [5.41, 5.74) is 1.81. The second-order valence-electron chi connectivity index (χ2n) is 5.97. The van der Waals surface area contributed by atoms with Gasteiger partial charge in [-0.2, -0.15) is 0 Å². The smallest absolute Gasteiger partial charge is 0.412 e. The molecule has 0 aliphatic heterocycles. The zero-order valence-corrected chi connectivity index (χ0v) is 11.7.